The molecule has 0 bridgehead atoms. The number of anilines is 1. The number of nitrogens with zero attached hydrogens (tertiary/aromatic N) is 3. The number of aromatic carboxylic acids is 1. The number of aromatic nitrogens is 2. The van der Waals surface area contributed by atoms with Crippen molar-refractivity contribution in [2.75, 3.05) is 10.8 Å². The molecule has 8 heteroatoms. The number of benzene rings is 1. The number of aryl methyl sites for hydroxylation is 2. The van der Waals surface area contributed by atoms with Crippen molar-refractivity contribution in [2.45, 2.75) is 18.9 Å². The molecule has 2 rings (SSSR count). The third-order valence-electron chi connectivity index (χ3n) is 3.27. The summed E-state index contributed by atoms with van der Waals surface area (Å²) in [7, 11) is -2.37. The van der Waals surface area contributed by atoms with Crippen LogP contribution in [0.2, 0.25) is 0 Å². The Morgan fingerprint density at radius 3 is 2.55 bits per heavy atom. The van der Waals surface area contributed by atoms with E-state index in [4.69, 9.17) is 0 Å². The van der Waals surface area contributed by atoms with Crippen LogP contribution in [-0.2, 0) is 17.1 Å². The number of carbonyl (C=O) groups is 1. The summed E-state index contributed by atoms with van der Waals surface area (Å²) in [4.78, 5) is 11.4. The van der Waals surface area contributed by atoms with Crippen molar-refractivity contribution >= 4 is 21.7 Å². The van der Waals surface area contributed by atoms with Gasteiger partial charge in [0, 0.05) is 13.6 Å². The number of hydrogen-bond acceptors (Lipinski definition) is 4. The molecule has 0 saturated heterocycles. The second-order valence-electron chi connectivity index (χ2n) is 4.79. The zero-order valence-corrected chi connectivity index (χ0v) is 13.3. The summed E-state index contributed by atoms with van der Waals surface area (Å²) in [5, 5.41) is 13.2. The fourth-order valence-corrected chi connectivity index (χ4v) is 3.83. The fourth-order valence-electron chi connectivity index (χ4n) is 2.24. The van der Waals surface area contributed by atoms with E-state index in [2.05, 4.69) is 5.10 Å². The minimum absolute atomic E-state index is 0.00580. The van der Waals surface area contributed by atoms with Gasteiger partial charge < -0.3 is 5.11 Å². The number of sulfonamides is 1. The molecule has 0 saturated carbocycles. The molecule has 1 N–H and O–H groups in total. The van der Waals surface area contributed by atoms with E-state index in [0.717, 1.165) is 9.87 Å². The van der Waals surface area contributed by atoms with Gasteiger partial charge in [-0.15, -0.1) is 0 Å². The molecule has 0 aliphatic carbocycles. The van der Waals surface area contributed by atoms with Gasteiger partial charge in [0.05, 0.1) is 17.4 Å². The van der Waals surface area contributed by atoms with Gasteiger partial charge in [0.15, 0.2) is 5.03 Å². The largest absolute Gasteiger partial charge is 0.478 e. The van der Waals surface area contributed by atoms with Gasteiger partial charge in [-0.1, -0.05) is 11.6 Å². The highest BCUT2D eigenvalue weighted by Gasteiger charge is 2.29. The standard InChI is InChI=1S/C14H17N3O4S/c1-4-17(22(20,21)13-7-8-15-16(13)3)12-6-5-10(2)9-11(12)14(18)19/h5-9H,4H2,1-3H3,(H,18,19). The van der Waals surface area contributed by atoms with E-state index >= 15 is 0 Å². The monoisotopic (exact) mass is 323 g/mol. The quantitative estimate of drug-likeness (QED) is 0.903. The van der Waals surface area contributed by atoms with Crippen molar-refractivity contribution in [1.82, 2.24) is 9.78 Å². The maximum Gasteiger partial charge on any atom is 0.337 e. The average molecular weight is 323 g/mol. The summed E-state index contributed by atoms with van der Waals surface area (Å²) in [5.41, 5.74) is 0.838. The van der Waals surface area contributed by atoms with Crippen LogP contribution in [-0.4, -0.2) is 35.8 Å². The van der Waals surface area contributed by atoms with Crippen molar-refractivity contribution in [3.05, 3.63) is 41.6 Å². The molecule has 0 fully saturated rings. The van der Waals surface area contributed by atoms with E-state index in [-0.39, 0.29) is 22.8 Å². The summed E-state index contributed by atoms with van der Waals surface area (Å²) in [6, 6.07) is 6.03. The van der Waals surface area contributed by atoms with Gasteiger partial charge in [0.1, 0.15) is 0 Å². The third kappa shape index (κ3) is 2.69. The van der Waals surface area contributed by atoms with Gasteiger partial charge in [-0.05, 0) is 32.0 Å². The summed E-state index contributed by atoms with van der Waals surface area (Å²) >= 11 is 0. The van der Waals surface area contributed by atoms with Crippen LogP contribution in [0.5, 0.6) is 0 Å². The molecule has 1 aromatic heterocycles. The lowest BCUT2D eigenvalue weighted by atomic mass is 10.1. The Hall–Kier alpha value is -2.35. The van der Waals surface area contributed by atoms with Crippen LogP contribution in [0.4, 0.5) is 5.69 Å². The Morgan fingerprint density at radius 1 is 1.36 bits per heavy atom. The number of rotatable bonds is 5. The van der Waals surface area contributed by atoms with Crippen molar-refractivity contribution in [3.63, 3.8) is 0 Å². The maximum absolute atomic E-state index is 12.8. The molecular formula is C14H17N3O4S. The van der Waals surface area contributed by atoms with E-state index in [0.29, 0.717) is 0 Å². The topological polar surface area (TPSA) is 92.5 Å². The Balaban J connectivity index is 2.64. The predicted octanol–water partition coefficient (Wildman–Crippen LogP) is 1.64. The number of carboxylic acids is 1. The van der Waals surface area contributed by atoms with Gasteiger partial charge in [0.25, 0.3) is 10.0 Å². The van der Waals surface area contributed by atoms with E-state index in [1.54, 1.807) is 19.9 Å². The zero-order valence-electron chi connectivity index (χ0n) is 12.5. The van der Waals surface area contributed by atoms with Crippen molar-refractivity contribution in [1.29, 1.82) is 0 Å². The lowest BCUT2D eigenvalue weighted by molar-refractivity contribution is 0.0697. The fraction of sp³-hybridized carbons (Fsp3) is 0.286. The zero-order chi connectivity index (χ0) is 16.5. The predicted molar refractivity (Wildman–Crippen MR) is 81.6 cm³/mol. The highest BCUT2D eigenvalue weighted by molar-refractivity contribution is 7.92. The first-order valence-electron chi connectivity index (χ1n) is 6.63. The maximum atomic E-state index is 12.8. The molecule has 0 radical (unpaired) electrons. The van der Waals surface area contributed by atoms with Crippen molar-refractivity contribution < 1.29 is 18.3 Å². The van der Waals surface area contributed by atoms with Gasteiger partial charge in [0.2, 0.25) is 0 Å². The Kier molecular flexibility index (Phi) is 4.23. The highest BCUT2D eigenvalue weighted by atomic mass is 32.2. The Bertz CT molecular complexity index is 811. The molecule has 0 amide bonds. The van der Waals surface area contributed by atoms with Crippen LogP contribution in [0.3, 0.4) is 0 Å². The highest BCUT2D eigenvalue weighted by Crippen LogP contribution is 2.27. The van der Waals surface area contributed by atoms with Gasteiger partial charge in [-0.3, -0.25) is 8.99 Å². The molecule has 118 valence electrons. The summed E-state index contributed by atoms with van der Waals surface area (Å²) in [6.45, 7) is 3.51. The normalized spacial score (nSPS) is 11.4. The SMILES string of the molecule is CCN(c1ccc(C)cc1C(=O)O)S(=O)(=O)c1ccnn1C. The minimum atomic E-state index is -3.89. The van der Waals surface area contributed by atoms with E-state index in [9.17, 15) is 18.3 Å². The molecule has 0 spiro atoms. The van der Waals surface area contributed by atoms with Crippen LogP contribution in [0, 0.1) is 6.92 Å². The molecular weight excluding hydrogens is 306 g/mol. The van der Waals surface area contributed by atoms with Crippen LogP contribution >= 0.6 is 0 Å². The average Bonchev–Trinajstić information content (AvgIpc) is 2.87. The molecule has 1 heterocycles. The molecule has 0 aliphatic heterocycles. The first kappa shape index (κ1) is 16.0. The van der Waals surface area contributed by atoms with Gasteiger partial charge in [-0.25, -0.2) is 4.79 Å². The van der Waals surface area contributed by atoms with Crippen LogP contribution in [0.25, 0.3) is 0 Å². The molecule has 1 aromatic carbocycles. The lowest BCUT2D eigenvalue weighted by Crippen LogP contribution is -2.33. The molecule has 22 heavy (non-hydrogen) atoms. The second-order valence-corrected chi connectivity index (χ2v) is 6.60. The first-order chi connectivity index (χ1) is 10.3. The molecule has 0 unspecified atom stereocenters. The van der Waals surface area contributed by atoms with Gasteiger partial charge >= 0.3 is 5.97 Å². The van der Waals surface area contributed by atoms with E-state index in [1.807, 2.05) is 0 Å². The third-order valence-corrected chi connectivity index (χ3v) is 5.23. The summed E-state index contributed by atoms with van der Waals surface area (Å²) < 4.78 is 27.9. The van der Waals surface area contributed by atoms with E-state index in [1.165, 1.54) is 36.1 Å². The second kappa shape index (κ2) is 5.80. The smallest absolute Gasteiger partial charge is 0.337 e. The van der Waals surface area contributed by atoms with Crippen LogP contribution in [0.1, 0.15) is 22.8 Å². The van der Waals surface area contributed by atoms with Crippen LogP contribution < -0.4 is 4.31 Å². The Labute approximate surface area is 128 Å². The number of carboxylic acid groups (broad SMARTS) is 1. The summed E-state index contributed by atoms with van der Waals surface area (Å²) in [5.74, 6) is -1.17. The molecule has 0 atom stereocenters. The molecule has 0 aliphatic rings. The lowest BCUT2D eigenvalue weighted by Gasteiger charge is -2.24. The van der Waals surface area contributed by atoms with E-state index < -0.39 is 16.0 Å². The Morgan fingerprint density at radius 2 is 2.05 bits per heavy atom. The minimum Gasteiger partial charge on any atom is -0.478 e. The van der Waals surface area contributed by atoms with Gasteiger partial charge in [-0.2, -0.15) is 13.5 Å². The number of hydrogen-bond donors (Lipinski definition) is 1. The molecule has 7 nitrogen and oxygen atoms in total. The first-order valence-corrected chi connectivity index (χ1v) is 8.07. The molecule has 2 aromatic rings. The summed E-state index contributed by atoms with van der Waals surface area (Å²) in [6.07, 6.45) is 1.38. The van der Waals surface area contributed by atoms with Crippen molar-refractivity contribution in [3.8, 4) is 0 Å². The van der Waals surface area contributed by atoms with Crippen LogP contribution in [0.15, 0.2) is 35.5 Å². The van der Waals surface area contributed by atoms with Crippen molar-refractivity contribution in [2.24, 2.45) is 7.05 Å².